The number of halogens is 7. The third-order valence-corrected chi connectivity index (χ3v) is 6.95. The standard InChI is InChI=1S/C19H13Cl4F3N4O3/c20-10-3-9(33-19(24,25)26)4-11(21)14(10)30-15(28-6-8-1-2-8)13(12(5-27)29-30)17(16(31)32)7-18(17,22)23/h3-4,8,28H,1-2,6-7H2,(H,31,32). The molecule has 2 saturated carbocycles. The second-order valence-corrected chi connectivity index (χ2v) is 10.1. The zero-order chi connectivity index (χ0) is 24.3. The first-order valence-corrected chi connectivity index (χ1v) is 11.0. The van der Waals surface area contributed by atoms with E-state index in [-0.39, 0.29) is 39.2 Å². The van der Waals surface area contributed by atoms with Gasteiger partial charge in [-0.05, 0) is 18.8 Å². The highest BCUT2D eigenvalue weighted by molar-refractivity contribution is 6.54. The van der Waals surface area contributed by atoms with Crippen LogP contribution < -0.4 is 10.1 Å². The van der Waals surface area contributed by atoms with E-state index in [1.54, 1.807) is 0 Å². The van der Waals surface area contributed by atoms with Gasteiger partial charge in [0.15, 0.2) is 5.69 Å². The molecule has 2 N–H and O–H groups in total. The molecule has 1 aromatic heterocycles. The fourth-order valence-electron chi connectivity index (χ4n) is 3.62. The van der Waals surface area contributed by atoms with Crippen molar-refractivity contribution in [2.24, 2.45) is 5.92 Å². The van der Waals surface area contributed by atoms with Gasteiger partial charge in [-0.1, -0.05) is 46.4 Å². The number of aliphatic carboxylic acids is 1. The molecule has 176 valence electrons. The van der Waals surface area contributed by atoms with Gasteiger partial charge in [0.2, 0.25) is 0 Å². The van der Waals surface area contributed by atoms with Crippen LogP contribution in [0.5, 0.6) is 5.75 Å². The Labute approximate surface area is 204 Å². The molecule has 33 heavy (non-hydrogen) atoms. The number of hydrogen-bond acceptors (Lipinski definition) is 5. The van der Waals surface area contributed by atoms with E-state index in [2.05, 4.69) is 15.2 Å². The van der Waals surface area contributed by atoms with Gasteiger partial charge in [-0.25, -0.2) is 4.68 Å². The largest absolute Gasteiger partial charge is 0.573 e. The molecule has 7 nitrogen and oxygen atoms in total. The van der Waals surface area contributed by atoms with Gasteiger partial charge < -0.3 is 15.2 Å². The van der Waals surface area contributed by atoms with Crippen molar-refractivity contribution >= 4 is 58.2 Å². The summed E-state index contributed by atoms with van der Waals surface area (Å²) in [5, 5.41) is 26.3. The number of nitrogens with one attached hydrogen (secondary N) is 1. The second kappa shape index (κ2) is 8.01. The predicted molar refractivity (Wildman–Crippen MR) is 115 cm³/mol. The van der Waals surface area contributed by atoms with Crippen LogP contribution in [0.15, 0.2) is 12.1 Å². The predicted octanol–water partition coefficient (Wildman–Crippen LogP) is 5.67. The number of ether oxygens (including phenoxy) is 1. The summed E-state index contributed by atoms with van der Waals surface area (Å²) in [7, 11) is 0. The van der Waals surface area contributed by atoms with E-state index < -0.39 is 27.8 Å². The number of nitriles is 1. The Balaban J connectivity index is 1.90. The van der Waals surface area contributed by atoms with Gasteiger partial charge in [-0.2, -0.15) is 10.4 Å². The van der Waals surface area contributed by atoms with Crippen LogP contribution in [-0.4, -0.2) is 38.1 Å². The Morgan fingerprint density at radius 2 is 1.91 bits per heavy atom. The van der Waals surface area contributed by atoms with Crippen LogP contribution in [-0.2, 0) is 10.2 Å². The van der Waals surface area contributed by atoms with Gasteiger partial charge in [0.25, 0.3) is 0 Å². The SMILES string of the molecule is N#Cc1nn(-c2c(Cl)cc(OC(F)(F)F)cc2Cl)c(NCC2CC2)c1C1(C(=O)O)CC1(Cl)Cl. The number of nitrogens with zero attached hydrogens (tertiary/aromatic N) is 3. The summed E-state index contributed by atoms with van der Waals surface area (Å²) in [6, 6.07) is 3.60. The number of carboxylic acids is 1. The molecule has 0 saturated heterocycles. The summed E-state index contributed by atoms with van der Waals surface area (Å²) in [5.74, 6) is -1.63. The first kappa shape index (κ1) is 24.1. The number of benzene rings is 1. The number of anilines is 1. The maximum Gasteiger partial charge on any atom is 0.573 e. The number of carbonyl (C=O) groups is 1. The van der Waals surface area contributed by atoms with Crippen LogP contribution in [0.4, 0.5) is 19.0 Å². The fourth-order valence-corrected chi connectivity index (χ4v) is 5.00. The van der Waals surface area contributed by atoms with E-state index in [0.717, 1.165) is 29.7 Å². The summed E-state index contributed by atoms with van der Waals surface area (Å²) in [4.78, 5) is 12.2. The van der Waals surface area contributed by atoms with E-state index in [1.165, 1.54) is 0 Å². The Bertz CT molecular complexity index is 1170. The van der Waals surface area contributed by atoms with Crippen molar-refractivity contribution in [2.45, 2.75) is 35.4 Å². The van der Waals surface area contributed by atoms with Gasteiger partial charge >= 0.3 is 12.3 Å². The summed E-state index contributed by atoms with van der Waals surface area (Å²) >= 11 is 24.9. The third-order valence-electron chi connectivity index (χ3n) is 5.46. The Hall–Kier alpha value is -2.06. The zero-order valence-corrected chi connectivity index (χ0v) is 19.3. The normalized spacial score (nSPS) is 21.4. The average molecular weight is 544 g/mol. The number of carboxylic acid groups (broad SMARTS) is 1. The van der Waals surface area contributed by atoms with E-state index in [4.69, 9.17) is 46.4 Å². The Morgan fingerprint density at radius 3 is 2.33 bits per heavy atom. The summed E-state index contributed by atoms with van der Waals surface area (Å²) in [5.41, 5.74) is -2.25. The summed E-state index contributed by atoms with van der Waals surface area (Å²) in [6.07, 6.45) is -3.25. The average Bonchev–Trinajstić information content (AvgIpc) is 3.55. The van der Waals surface area contributed by atoms with Gasteiger partial charge in [0, 0.05) is 25.1 Å². The molecule has 1 atom stereocenters. The van der Waals surface area contributed by atoms with Crippen LogP contribution in [0.1, 0.15) is 30.5 Å². The summed E-state index contributed by atoms with van der Waals surface area (Å²) in [6.45, 7) is 0.418. The lowest BCUT2D eigenvalue weighted by Crippen LogP contribution is -2.28. The number of hydrogen-bond donors (Lipinski definition) is 2. The first-order chi connectivity index (χ1) is 15.3. The van der Waals surface area contributed by atoms with E-state index in [9.17, 15) is 28.3 Å². The lowest BCUT2D eigenvalue weighted by atomic mass is 9.95. The number of alkyl halides is 5. The molecule has 1 heterocycles. The molecule has 4 rings (SSSR count). The maximum atomic E-state index is 12.6. The summed E-state index contributed by atoms with van der Waals surface area (Å²) < 4.78 is 41.1. The molecular formula is C19H13Cl4F3N4O3. The molecule has 1 aromatic carbocycles. The van der Waals surface area contributed by atoms with Gasteiger partial charge in [0.1, 0.15) is 33.1 Å². The molecule has 0 radical (unpaired) electrons. The van der Waals surface area contributed by atoms with Crippen LogP contribution >= 0.6 is 46.4 Å². The van der Waals surface area contributed by atoms with Crippen molar-refractivity contribution < 1.29 is 27.8 Å². The molecular weight excluding hydrogens is 531 g/mol. The van der Waals surface area contributed by atoms with Crippen LogP contribution in [0.3, 0.4) is 0 Å². The van der Waals surface area contributed by atoms with Crippen molar-refractivity contribution in [3.8, 4) is 17.5 Å². The molecule has 2 aliphatic rings. The van der Waals surface area contributed by atoms with Crippen molar-refractivity contribution in [1.29, 1.82) is 5.26 Å². The smallest absolute Gasteiger partial charge is 0.480 e. The monoisotopic (exact) mass is 542 g/mol. The van der Waals surface area contributed by atoms with Crippen molar-refractivity contribution in [2.75, 3.05) is 11.9 Å². The number of rotatable bonds is 7. The Morgan fingerprint density at radius 1 is 1.33 bits per heavy atom. The van der Waals surface area contributed by atoms with E-state index in [0.29, 0.717) is 12.5 Å². The molecule has 2 fully saturated rings. The highest BCUT2D eigenvalue weighted by Gasteiger charge is 2.75. The lowest BCUT2D eigenvalue weighted by molar-refractivity contribution is -0.274. The van der Waals surface area contributed by atoms with Crippen molar-refractivity contribution in [3.63, 3.8) is 0 Å². The molecule has 0 spiro atoms. The molecule has 2 aromatic rings. The minimum atomic E-state index is -4.97. The Kier molecular flexibility index (Phi) is 5.85. The molecule has 1 unspecified atom stereocenters. The van der Waals surface area contributed by atoms with Gasteiger partial charge in [0.05, 0.1) is 15.6 Å². The van der Waals surface area contributed by atoms with Crippen molar-refractivity contribution in [1.82, 2.24) is 9.78 Å². The molecule has 2 aliphatic carbocycles. The van der Waals surface area contributed by atoms with E-state index >= 15 is 0 Å². The zero-order valence-electron chi connectivity index (χ0n) is 16.3. The van der Waals surface area contributed by atoms with Crippen molar-refractivity contribution in [3.05, 3.63) is 33.4 Å². The van der Waals surface area contributed by atoms with Crippen LogP contribution in [0.25, 0.3) is 5.69 Å². The lowest BCUT2D eigenvalue weighted by Gasteiger charge is -2.18. The first-order valence-electron chi connectivity index (χ1n) is 9.44. The number of aromatic nitrogens is 2. The maximum absolute atomic E-state index is 12.6. The second-order valence-electron chi connectivity index (χ2n) is 7.80. The minimum Gasteiger partial charge on any atom is -0.480 e. The molecule has 0 aliphatic heterocycles. The third kappa shape index (κ3) is 4.28. The minimum absolute atomic E-state index is 0.0501. The highest BCUT2D eigenvalue weighted by Crippen LogP contribution is 2.67. The molecule has 0 bridgehead atoms. The van der Waals surface area contributed by atoms with Gasteiger partial charge in [-0.3, -0.25) is 4.79 Å². The van der Waals surface area contributed by atoms with Crippen LogP contribution in [0.2, 0.25) is 10.0 Å². The van der Waals surface area contributed by atoms with E-state index in [1.807, 2.05) is 6.07 Å². The van der Waals surface area contributed by atoms with Crippen LogP contribution in [0, 0.1) is 17.2 Å². The highest BCUT2D eigenvalue weighted by atomic mass is 35.5. The molecule has 0 amide bonds. The topological polar surface area (TPSA) is 100 Å². The van der Waals surface area contributed by atoms with Gasteiger partial charge in [-0.15, -0.1) is 13.2 Å². The quantitative estimate of drug-likeness (QED) is 0.436. The fraction of sp³-hybridized carbons (Fsp3) is 0.421. The molecule has 14 heteroatoms.